The van der Waals surface area contributed by atoms with E-state index in [4.69, 9.17) is 0 Å². The summed E-state index contributed by atoms with van der Waals surface area (Å²) in [6.07, 6.45) is 1.19. The van der Waals surface area contributed by atoms with E-state index in [1.165, 1.54) is 0 Å². The maximum absolute atomic E-state index is 9.90. The van der Waals surface area contributed by atoms with Crippen molar-refractivity contribution in [3.8, 4) is 0 Å². The van der Waals surface area contributed by atoms with Crippen LogP contribution in [0.5, 0.6) is 0 Å². The van der Waals surface area contributed by atoms with Crippen LogP contribution in [0.1, 0.15) is 11.8 Å². The van der Waals surface area contributed by atoms with Gasteiger partial charge in [-0.05, 0) is 24.3 Å². The van der Waals surface area contributed by atoms with E-state index in [0.717, 1.165) is 10.6 Å². The van der Waals surface area contributed by atoms with E-state index in [2.05, 4.69) is 4.98 Å². The van der Waals surface area contributed by atoms with Gasteiger partial charge in [0.25, 0.3) is 0 Å². The number of rotatable bonds is 4. The van der Waals surface area contributed by atoms with E-state index in [-0.39, 0.29) is 0 Å². The summed E-state index contributed by atoms with van der Waals surface area (Å²) in [7, 11) is 0. The van der Waals surface area contributed by atoms with Crippen LogP contribution in [0.2, 0.25) is 0 Å². The number of aliphatic hydroxyl groups is 1. The quantitative estimate of drug-likeness (QED) is 0.821. The highest BCUT2D eigenvalue weighted by Gasteiger charge is 2.08. The lowest BCUT2D eigenvalue weighted by atomic mass is 10.2. The molecule has 0 saturated carbocycles. The van der Waals surface area contributed by atoms with Crippen molar-refractivity contribution in [2.45, 2.75) is 11.0 Å². The minimum Gasteiger partial charge on any atom is -0.386 e. The minimum atomic E-state index is -0.508. The first-order valence-electron chi connectivity index (χ1n) is 5.13. The monoisotopic (exact) mass is 231 g/mol. The number of aromatic nitrogens is 1. The summed E-state index contributed by atoms with van der Waals surface area (Å²) in [6, 6.07) is 15.6. The van der Waals surface area contributed by atoms with Crippen LogP contribution < -0.4 is 0 Å². The Labute approximate surface area is 99.4 Å². The van der Waals surface area contributed by atoms with E-state index in [9.17, 15) is 5.11 Å². The van der Waals surface area contributed by atoms with Crippen LogP contribution in [0.15, 0.2) is 59.6 Å². The normalized spacial score (nSPS) is 12.3. The molecule has 0 fully saturated rings. The van der Waals surface area contributed by atoms with Crippen molar-refractivity contribution in [2.24, 2.45) is 0 Å². The van der Waals surface area contributed by atoms with Gasteiger partial charge in [-0.15, -0.1) is 11.8 Å². The summed E-state index contributed by atoms with van der Waals surface area (Å²) in [5.41, 5.74) is 0.728. The van der Waals surface area contributed by atoms with Crippen LogP contribution in [-0.2, 0) is 0 Å². The van der Waals surface area contributed by atoms with Crippen LogP contribution in [0.3, 0.4) is 0 Å². The number of thioether (sulfide) groups is 1. The third-order valence-corrected chi connectivity index (χ3v) is 3.27. The highest BCUT2D eigenvalue weighted by Crippen LogP contribution is 2.23. The lowest BCUT2D eigenvalue weighted by Crippen LogP contribution is -2.02. The van der Waals surface area contributed by atoms with Gasteiger partial charge in [-0.25, -0.2) is 0 Å². The summed E-state index contributed by atoms with van der Waals surface area (Å²) in [6.45, 7) is 0. The van der Waals surface area contributed by atoms with E-state index in [0.29, 0.717) is 5.75 Å². The third kappa shape index (κ3) is 3.08. The van der Waals surface area contributed by atoms with Gasteiger partial charge in [0.15, 0.2) is 0 Å². The van der Waals surface area contributed by atoms with Gasteiger partial charge < -0.3 is 5.11 Å². The number of pyridine rings is 1. The molecule has 2 aromatic rings. The molecule has 1 atom stereocenters. The predicted octanol–water partition coefficient (Wildman–Crippen LogP) is 2.91. The smallest absolute Gasteiger partial charge is 0.105 e. The van der Waals surface area contributed by atoms with E-state index in [1.807, 2.05) is 48.5 Å². The average molecular weight is 231 g/mol. The topological polar surface area (TPSA) is 33.1 Å². The van der Waals surface area contributed by atoms with Crippen molar-refractivity contribution in [3.63, 3.8) is 0 Å². The molecular formula is C13H13NOS. The Morgan fingerprint density at radius 1 is 1.06 bits per heavy atom. The lowest BCUT2D eigenvalue weighted by molar-refractivity contribution is 0.199. The van der Waals surface area contributed by atoms with Crippen molar-refractivity contribution in [2.75, 3.05) is 5.75 Å². The summed E-state index contributed by atoms with van der Waals surface area (Å²) in [5, 5.41) is 9.90. The summed E-state index contributed by atoms with van der Waals surface area (Å²) in [5.74, 6) is 0.626. The number of hydrogen-bond acceptors (Lipinski definition) is 3. The van der Waals surface area contributed by atoms with E-state index < -0.39 is 6.10 Å². The molecule has 1 aromatic heterocycles. The lowest BCUT2D eigenvalue weighted by Gasteiger charge is -2.09. The van der Waals surface area contributed by atoms with Gasteiger partial charge in [-0.3, -0.25) is 4.98 Å². The Morgan fingerprint density at radius 3 is 2.50 bits per heavy atom. The Morgan fingerprint density at radius 2 is 1.81 bits per heavy atom. The van der Waals surface area contributed by atoms with Crippen LogP contribution in [0.25, 0.3) is 0 Å². The molecule has 0 unspecified atom stereocenters. The zero-order valence-corrected chi connectivity index (χ0v) is 9.60. The Hall–Kier alpha value is -1.32. The molecule has 3 heteroatoms. The second-order valence-corrected chi connectivity index (χ2v) is 4.49. The van der Waals surface area contributed by atoms with Crippen LogP contribution >= 0.6 is 11.8 Å². The molecule has 0 spiro atoms. The van der Waals surface area contributed by atoms with E-state index in [1.54, 1.807) is 18.0 Å². The summed E-state index contributed by atoms with van der Waals surface area (Å²) in [4.78, 5) is 5.29. The third-order valence-electron chi connectivity index (χ3n) is 2.18. The largest absolute Gasteiger partial charge is 0.386 e. The molecule has 82 valence electrons. The Kier molecular flexibility index (Phi) is 3.97. The fourth-order valence-corrected chi connectivity index (χ4v) is 2.22. The van der Waals surface area contributed by atoms with Crippen molar-refractivity contribution >= 4 is 11.8 Å². The highest BCUT2D eigenvalue weighted by molar-refractivity contribution is 7.99. The second kappa shape index (κ2) is 5.68. The number of benzene rings is 1. The second-order valence-electron chi connectivity index (χ2n) is 3.39. The van der Waals surface area contributed by atoms with Crippen molar-refractivity contribution in [3.05, 3.63) is 60.4 Å². The fourth-order valence-electron chi connectivity index (χ4n) is 1.35. The minimum absolute atomic E-state index is 0.508. The molecular weight excluding hydrogens is 218 g/mol. The zero-order chi connectivity index (χ0) is 11.2. The van der Waals surface area contributed by atoms with Gasteiger partial charge >= 0.3 is 0 Å². The maximum atomic E-state index is 9.90. The molecule has 2 rings (SSSR count). The molecule has 1 N–H and O–H groups in total. The molecule has 16 heavy (non-hydrogen) atoms. The van der Waals surface area contributed by atoms with Gasteiger partial charge in [0, 0.05) is 16.8 Å². The molecule has 0 bridgehead atoms. The molecule has 0 aliphatic rings. The van der Waals surface area contributed by atoms with Crippen molar-refractivity contribution < 1.29 is 5.11 Å². The Balaban J connectivity index is 1.92. The van der Waals surface area contributed by atoms with Gasteiger partial charge in [-0.1, -0.05) is 24.3 Å². The first-order chi connectivity index (χ1) is 7.86. The van der Waals surface area contributed by atoms with Crippen molar-refractivity contribution in [1.29, 1.82) is 0 Å². The number of nitrogens with zero attached hydrogens (tertiary/aromatic N) is 1. The number of aliphatic hydroxyl groups excluding tert-OH is 1. The van der Waals surface area contributed by atoms with Crippen LogP contribution in [0.4, 0.5) is 0 Å². The maximum Gasteiger partial charge on any atom is 0.105 e. The molecule has 0 saturated heterocycles. The van der Waals surface area contributed by atoms with Crippen LogP contribution in [-0.4, -0.2) is 15.8 Å². The fraction of sp³-hybridized carbons (Fsp3) is 0.154. The van der Waals surface area contributed by atoms with Gasteiger partial charge in [0.05, 0.1) is 5.69 Å². The van der Waals surface area contributed by atoms with Gasteiger partial charge in [-0.2, -0.15) is 0 Å². The molecule has 0 aliphatic heterocycles. The summed E-state index contributed by atoms with van der Waals surface area (Å²) >= 11 is 1.63. The van der Waals surface area contributed by atoms with Crippen molar-refractivity contribution in [1.82, 2.24) is 4.98 Å². The Bertz CT molecular complexity index is 418. The van der Waals surface area contributed by atoms with E-state index >= 15 is 0 Å². The molecule has 0 amide bonds. The molecule has 1 aromatic carbocycles. The zero-order valence-electron chi connectivity index (χ0n) is 8.78. The van der Waals surface area contributed by atoms with Gasteiger partial charge in [0.2, 0.25) is 0 Å². The highest BCUT2D eigenvalue weighted by atomic mass is 32.2. The molecule has 2 nitrogen and oxygen atoms in total. The average Bonchev–Trinajstić information content (AvgIpc) is 2.38. The predicted molar refractivity (Wildman–Crippen MR) is 66.4 cm³/mol. The first-order valence-corrected chi connectivity index (χ1v) is 6.11. The molecule has 0 aliphatic carbocycles. The first kappa shape index (κ1) is 11.2. The molecule has 0 radical (unpaired) electrons. The SMILES string of the molecule is O[C@@H](CSc1ccccc1)c1ccccn1. The standard InChI is InChI=1S/C13H13NOS/c15-13(12-8-4-5-9-14-12)10-16-11-6-2-1-3-7-11/h1-9,13,15H,10H2/t13-/m0/s1. The number of hydrogen-bond donors (Lipinski definition) is 1. The molecule has 1 heterocycles. The summed E-state index contributed by atoms with van der Waals surface area (Å²) < 4.78 is 0. The van der Waals surface area contributed by atoms with Crippen LogP contribution in [0, 0.1) is 0 Å². The van der Waals surface area contributed by atoms with Gasteiger partial charge in [0.1, 0.15) is 6.10 Å².